The number of anilines is 14. The topological polar surface area (TPSA) is 90.7 Å². The Morgan fingerprint density at radius 3 is 1.00 bits per heavy atom. The van der Waals surface area contributed by atoms with Crippen LogP contribution in [0.15, 0.2) is 433 Å². The first-order chi connectivity index (χ1) is 60.7. The van der Waals surface area contributed by atoms with Crippen LogP contribution in [0.3, 0.4) is 0 Å². The fourth-order valence-corrected chi connectivity index (χ4v) is 19.1. The summed E-state index contributed by atoms with van der Waals surface area (Å²) in [5.41, 5.74) is 27.3. The highest BCUT2D eigenvalue weighted by Crippen LogP contribution is 2.54. The summed E-state index contributed by atoms with van der Waals surface area (Å²) < 4.78 is 32.1. The van der Waals surface area contributed by atoms with E-state index in [9.17, 15) is 0 Å². The highest BCUT2D eigenvalue weighted by Gasteiger charge is 2.44. The zero-order valence-corrected chi connectivity index (χ0v) is 69.5. The highest BCUT2D eigenvalue weighted by atomic mass is 79.9. The van der Waals surface area contributed by atoms with Gasteiger partial charge in [-0.1, -0.05) is 265 Å². The Morgan fingerprint density at radius 2 is 0.561 bits per heavy atom. The fourth-order valence-electron chi connectivity index (χ4n) is 18.0. The van der Waals surface area contributed by atoms with Crippen molar-refractivity contribution in [2.24, 2.45) is 0 Å². The molecule has 586 valence electrons. The van der Waals surface area contributed by atoms with Gasteiger partial charge >= 0.3 is 0 Å². The van der Waals surface area contributed by atoms with Gasteiger partial charge in [-0.2, -0.15) is 0 Å². The van der Waals surface area contributed by atoms with Crippen LogP contribution < -0.4 is 41.3 Å². The standard InChI is InChI=1S/C42H25BN2O2.C42H27ClN2O2.C18H13NO.C6H3BrCl2/c1-7-22-36-26(12-1)40-32(18-10-24-38(40)46-36)44-30-16-5-3-14-28(30)43-29-15-4-6-17-31(29)45(35-21-9-20-34(44)42(35)43)33-19-11-25-39-41(33)27-13-2-8-23-37(27)47-39;43-42-34(44(28-14-3-1-4-15-28)32-20-12-26-38-40(32)30-18-7-9-24-36(30)46-38)22-11-23-35(42)45(29-16-5-2-6-17-29)33-21-13-27-39-41(33)31-19-8-10-25-37(31)47-39;1-2-7-13(8-3-1)19-15-10-6-12-17-18(15)14-9-4-5-11-16(14)20-17;7-4-2-1-3-5(8)6(4)9/h1-25H;1-27H;1-12,19H;1-3H. The zero-order chi connectivity index (χ0) is 82.2. The van der Waals surface area contributed by atoms with Crippen molar-refractivity contribution < 1.29 is 22.1 Å². The van der Waals surface area contributed by atoms with Gasteiger partial charge in [-0.05, 0) is 208 Å². The Hall–Kier alpha value is -14.6. The Bertz CT molecular complexity index is 7630. The molecule has 10 nitrogen and oxygen atoms in total. The Balaban J connectivity index is 0.000000111. The SMILES string of the molecule is Clc1c(N(c2ccccc2)c2cccc3oc4ccccc4c23)cccc1N(c1ccccc1)c1cccc2oc3ccccc3c12.Clc1cccc(Br)c1Cl.c1ccc(Nc2cccc3oc4ccccc4c23)cc1.c1ccc2c(c1)B1c3ccccc3N(c3cccc4oc5ccccc5c34)c3cccc(c31)N2c1cccc2oc3ccccc3c12. The molecule has 18 aromatic carbocycles. The van der Waals surface area contributed by atoms with E-state index in [4.69, 9.17) is 56.9 Å². The maximum atomic E-state index is 7.65. The molecule has 0 saturated heterocycles. The van der Waals surface area contributed by atoms with E-state index in [1.165, 1.54) is 39.1 Å². The first-order valence-corrected chi connectivity index (χ1v) is 42.5. The molecule has 2 aliphatic heterocycles. The van der Waals surface area contributed by atoms with Crippen LogP contribution in [0.1, 0.15) is 0 Å². The molecular weight excluding hydrogens is 1640 g/mol. The number of fused-ring (bicyclic) bond motifs is 19. The average Bonchev–Trinajstić information content (AvgIpc) is 1.47. The molecule has 5 aromatic heterocycles. The van der Waals surface area contributed by atoms with E-state index < -0.39 is 0 Å². The number of nitrogens with zero attached hydrogens (tertiary/aromatic N) is 4. The van der Waals surface area contributed by atoms with Crippen LogP contribution in [0.4, 0.5) is 79.6 Å². The van der Waals surface area contributed by atoms with E-state index in [2.05, 4.69) is 296 Å². The molecule has 0 bridgehead atoms. The summed E-state index contributed by atoms with van der Waals surface area (Å²) in [7, 11) is 0. The predicted octanol–water partition coefficient (Wildman–Crippen LogP) is 31.7. The van der Waals surface area contributed by atoms with Gasteiger partial charge in [0, 0.05) is 71.2 Å². The lowest BCUT2D eigenvalue weighted by atomic mass is 9.33. The number of halogens is 4. The molecule has 0 aliphatic carbocycles. The Kier molecular flexibility index (Phi) is 19.1. The third kappa shape index (κ3) is 13.0. The molecule has 1 N–H and O–H groups in total. The van der Waals surface area contributed by atoms with Gasteiger partial charge in [-0.15, -0.1) is 0 Å². The smallest absolute Gasteiger partial charge is 0.252 e. The molecule has 2 aliphatic rings. The van der Waals surface area contributed by atoms with Crippen molar-refractivity contribution in [2.45, 2.75) is 0 Å². The van der Waals surface area contributed by atoms with E-state index in [1.54, 1.807) is 6.07 Å². The van der Waals surface area contributed by atoms with Gasteiger partial charge in [0.1, 0.15) is 55.8 Å². The quantitative estimate of drug-likeness (QED) is 0.105. The van der Waals surface area contributed by atoms with Crippen LogP contribution in [0, 0.1) is 0 Å². The van der Waals surface area contributed by atoms with Gasteiger partial charge in [0.2, 0.25) is 0 Å². The first kappa shape index (κ1) is 74.7. The molecule has 0 saturated carbocycles. The Labute approximate surface area is 730 Å². The van der Waals surface area contributed by atoms with Crippen LogP contribution in [0.25, 0.3) is 110 Å². The van der Waals surface area contributed by atoms with Crippen LogP contribution >= 0.6 is 50.7 Å². The van der Waals surface area contributed by atoms with Gasteiger partial charge in [0.15, 0.2) is 0 Å². The fraction of sp³-hybridized carbons (Fsp3) is 0. The molecule has 0 fully saturated rings. The van der Waals surface area contributed by atoms with Crippen molar-refractivity contribution in [1.82, 2.24) is 0 Å². The minimum atomic E-state index is 0.0710. The second-order valence-electron chi connectivity index (χ2n) is 30.2. The maximum Gasteiger partial charge on any atom is 0.252 e. The molecule has 123 heavy (non-hydrogen) atoms. The number of benzene rings is 18. The van der Waals surface area contributed by atoms with Crippen LogP contribution in [0.2, 0.25) is 15.1 Å². The molecule has 23 aromatic rings. The molecule has 0 amide bonds. The van der Waals surface area contributed by atoms with E-state index >= 15 is 0 Å². The number of hydrogen-bond acceptors (Lipinski definition) is 10. The minimum absolute atomic E-state index is 0.0710. The van der Waals surface area contributed by atoms with Gasteiger partial charge in [-0.3, -0.25) is 0 Å². The van der Waals surface area contributed by atoms with Gasteiger partial charge in [0.25, 0.3) is 6.71 Å². The second kappa shape index (κ2) is 31.5. The van der Waals surface area contributed by atoms with Crippen LogP contribution in [-0.4, -0.2) is 6.71 Å². The molecule has 25 rings (SSSR count). The van der Waals surface area contributed by atoms with Crippen molar-refractivity contribution in [3.63, 3.8) is 0 Å². The monoisotopic (exact) mass is 1710 g/mol. The lowest BCUT2D eigenvalue weighted by Crippen LogP contribution is -2.61. The summed E-state index contributed by atoms with van der Waals surface area (Å²) in [6.45, 7) is 0.0710. The summed E-state index contributed by atoms with van der Waals surface area (Å²) in [4.78, 5) is 9.37. The van der Waals surface area contributed by atoms with Gasteiger partial charge in [-0.25, -0.2) is 0 Å². The van der Waals surface area contributed by atoms with E-state index in [0.29, 0.717) is 15.1 Å². The normalized spacial score (nSPS) is 12.0. The molecule has 0 radical (unpaired) electrons. The number of rotatable bonds is 10. The van der Waals surface area contributed by atoms with Crippen molar-refractivity contribution in [3.8, 4) is 0 Å². The van der Waals surface area contributed by atoms with Crippen LogP contribution in [0.5, 0.6) is 0 Å². The largest absolute Gasteiger partial charge is 0.456 e. The first-order valence-electron chi connectivity index (χ1n) is 40.6. The predicted molar refractivity (Wildman–Crippen MR) is 518 cm³/mol. The third-order valence-electron chi connectivity index (χ3n) is 23.1. The lowest BCUT2D eigenvalue weighted by Gasteiger charge is -2.44. The molecular formula is C108H68BBrCl3N5O5. The minimum Gasteiger partial charge on any atom is -0.456 e. The third-order valence-corrected chi connectivity index (χ3v) is 25.2. The van der Waals surface area contributed by atoms with E-state index in [1.807, 2.05) is 146 Å². The number of nitrogens with one attached hydrogen (secondary N) is 1. The van der Waals surface area contributed by atoms with Gasteiger partial charge in [0.05, 0.1) is 81.8 Å². The van der Waals surface area contributed by atoms with Gasteiger partial charge < -0.3 is 47.0 Å². The van der Waals surface area contributed by atoms with E-state index in [-0.39, 0.29) is 6.71 Å². The molecule has 7 heterocycles. The summed E-state index contributed by atoms with van der Waals surface area (Å²) in [6.07, 6.45) is 0. The summed E-state index contributed by atoms with van der Waals surface area (Å²) in [5.74, 6) is 0. The number of para-hydroxylation sites is 10. The van der Waals surface area contributed by atoms with E-state index in [0.717, 1.165) is 171 Å². The maximum absolute atomic E-state index is 7.65. The Morgan fingerprint density at radius 1 is 0.252 bits per heavy atom. The lowest BCUT2D eigenvalue weighted by molar-refractivity contribution is 0.668. The van der Waals surface area contributed by atoms with Crippen molar-refractivity contribution in [3.05, 3.63) is 426 Å². The molecule has 0 atom stereocenters. The number of hydrogen-bond donors (Lipinski definition) is 1. The summed E-state index contributed by atoms with van der Waals surface area (Å²) in [5, 5.41) is 16.1. The summed E-state index contributed by atoms with van der Waals surface area (Å²) >= 11 is 22.2. The molecule has 15 heteroatoms. The second-order valence-corrected chi connectivity index (χ2v) is 32.2. The van der Waals surface area contributed by atoms with Crippen molar-refractivity contribution >= 4 is 263 Å². The van der Waals surface area contributed by atoms with Crippen LogP contribution in [-0.2, 0) is 0 Å². The van der Waals surface area contributed by atoms with Crippen molar-refractivity contribution in [1.29, 1.82) is 0 Å². The van der Waals surface area contributed by atoms with Crippen molar-refractivity contribution in [2.75, 3.05) is 24.9 Å². The molecule has 0 spiro atoms. The average molecular weight is 1710 g/mol. The molecule has 0 unspecified atom stereocenters. The highest BCUT2D eigenvalue weighted by molar-refractivity contribution is 9.10. The zero-order valence-electron chi connectivity index (χ0n) is 65.6. The number of furan rings is 5. The summed E-state index contributed by atoms with van der Waals surface area (Å²) in [6, 6.07) is 140.